The highest BCUT2D eigenvalue weighted by Crippen LogP contribution is 2.36. The molecule has 4 aromatic heterocycles. The SMILES string of the molecule is CC(C)(C)OC(=O)N[C@H](CO)c1ccc(Cl)c(-n2ncnc2C(F)F)c1.CC(C)(C)OC(=O)N[C@H](COC(=O)Cl)c1ccc(Cl)c(-n2ncnc2C(F)F)c1.C[C@H](CC(=O)OC[C@@H](N)c1ccc(Cl)c(-n2ncnc2C(F)F)c1)C(F)(F)F.C[C@H](CC(=O)OC[C@@H](NC(=O)OC(C)(C)C)c1ccc(Cl)c(-n2ncnc2C(F)F)c1)C(F)(F)F. The molecule has 0 fully saturated rings. The van der Waals surface area contributed by atoms with E-state index >= 15 is 0 Å². The summed E-state index contributed by atoms with van der Waals surface area (Å²) in [4.78, 5) is 85.0. The first-order valence-electron chi connectivity index (χ1n) is 34.2. The lowest BCUT2D eigenvalue weighted by Gasteiger charge is -2.24. The standard InChI is InChI=1S/C21H24ClF5N4O4.C17H18Cl2F2N4O4.C16H16ClF5N4O2.C16H19ClF2N4O3/c1-11(21(25,26)27)7-16(32)34-9-14(30-19(33)35-20(2,3)4)12-5-6-13(22)15(8-12)31-18(17(23)24)28-10-29-31;1-17(2,3)29-16(27)24-11(7-28-15(19)26)9-4-5-10(18)12(6-9)25-14(13(20)21)22-8-23-25;1-8(16(20,21)22)4-13(27)28-6-11(23)9-2-3-10(17)12(5-9)26-15(14(18)19)24-7-25-26;1-16(2,3)26-15(25)22-11(7-24)9-4-5-10(17)12(6-9)23-14(13(18)19)20-8-21-23/h5-6,8,10-11,14,17H,7,9H2,1-4H3,(H,30,33);4-6,8,11,13H,7H2,1-3H3,(H,24,27);2-3,5,7-8,11,14H,4,6,23H2,1H3;4-6,8,11,13,24H,7H2,1-3H3,(H,22,25)/t11-,14-;11-;8-,11-;11-/m1111/s1. The summed E-state index contributed by atoms with van der Waals surface area (Å²) >= 11 is 29.6. The molecule has 0 saturated carbocycles. The predicted octanol–water partition coefficient (Wildman–Crippen LogP) is 17.8. The number of nitrogens with zero attached hydrogens (tertiary/aromatic N) is 12. The number of aliphatic hydroxyl groups is 1. The average Bonchev–Trinajstić information content (AvgIpc) is 1.56. The number of halogens is 19. The van der Waals surface area contributed by atoms with Gasteiger partial charge in [0.1, 0.15) is 61.9 Å². The Morgan fingerprint density at radius 1 is 0.424 bits per heavy atom. The second kappa shape index (κ2) is 43.1. The quantitative estimate of drug-likeness (QED) is 0.0145. The molecular weight excluding hydrogens is 1720 g/mol. The Hall–Kier alpha value is -9.95. The molecule has 0 aliphatic carbocycles. The van der Waals surface area contributed by atoms with Crippen molar-refractivity contribution in [2.24, 2.45) is 17.6 Å². The summed E-state index contributed by atoms with van der Waals surface area (Å²) in [5.74, 6) is -8.46. The number of ether oxygens (including phenoxy) is 6. The van der Waals surface area contributed by atoms with Gasteiger partial charge in [-0.2, -0.15) is 46.7 Å². The number of alkyl carbamates (subject to hydrolysis) is 3. The van der Waals surface area contributed by atoms with Crippen molar-refractivity contribution >= 4 is 93.7 Å². The molecule has 8 rings (SSSR count). The first kappa shape index (κ1) is 98.6. The number of benzene rings is 4. The number of carbonyl (C=O) groups is 6. The van der Waals surface area contributed by atoms with E-state index < -0.39 is 182 Å². The van der Waals surface area contributed by atoms with Gasteiger partial charge in [-0.05, 0) is 133 Å². The molecule has 48 heteroatoms. The minimum Gasteiger partial charge on any atom is -0.464 e. The summed E-state index contributed by atoms with van der Waals surface area (Å²) in [5, 5.41) is 32.5. The Kier molecular flexibility index (Phi) is 36.1. The van der Waals surface area contributed by atoms with Gasteiger partial charge in [0.05, 0.1) is 98.3 Å². The van der Waals surface area contributed by atoms with Crippen molar-refractivity contribution in [3.8, 4) is 22.7 Å². The zero-order valence-electron chi connectivity index (χ0n) is 63.7. The Balaban J connectivity index is 0.000000282. The van der Waals surface area contributed by atoms with Gasteiger partial charge in [-0.25, -0.2) is 93.0 Å². The van der Waals surface area contributed by atoms with Crippen LogP contribution in [0.25, 0.3) is 22.7 Å². The third-order valence-electron chi connectivity index (χ3n) is 15.0. The van der Waals surface area contributed by atoms with Gasteiger partial charge in [0.25, 0.3) is 25.7 Å². The fourth-order valence-corrected chi connectivity index (χ4v) is 10.3. The summed E-state index contributed by atoms with van der Waals surface area (Å²) in [6.07, 6.45) is -21.0. The fourth-order valence-electron chi connectivity index (χ4n) is 9.47. The second-order valence-electron chi connectivity index (χ2n) is 27.8. The zero-order valence-corrected chi connectivity index (χ0v) is 67.5. The molecule has 0 saturated heterocycles. The van der Waals surface area contributed by atoms with E-state index in [0.717, 1.165) is 57.9 Å². The van der Waals surface area contributed by atoms with Gasteiger partial charge in [-0.3, -0.25) is 9.59 Å². The van der Waals surface area contributed by atoms with Crippen LogP contribution < -0.4 is 21.7 Å². The number of hydrogen-bond donors (Lipinski definition) is 5. The van der Waals surface area contributed by atoms with E-state index in [-0.39, 0.29) is 55.0 Å². The number of aliphatic hydroxyl groups excluding tert-OH is 1. The van der Waals surface area contributed by atoms with E-state index in [9.17, 15) is 95.3 Å². The number of rotatable bonds is 26. The Labute approximate surface area is 687 Å². The van der Waals surface area contributed by atoms with E-state index in [1.807, 2.05) is 0 Å². The predicted molar refractivity (Wildman–Crippen MR) is 394 cm³/mol. The molecule has 3 amide bonds. The number of amides is 3. The topological polar surface area (TPSA) is 363 Å². The van der Waals surface area contributed by atoms with Crippen molar-refractivity contribution in [1.82, 2.24) is 75.0 Å². The third kappa shape index (κ3) is 31.1. The summed E-state index contributed by atoms with van der Waals surface area (Å²) in [6.45, 7) is 14.9. The van der Waals surface area contributed by atoms with Crippen molar-refractivity contribution in [2.75, 3.05) is 26.4 Å². The van der Waals surface area contributed by atoms with Crippen LogP contribution in [0.15, 0.2) is 98.1 Å². The molecule has 29 nitrogen and oxygen atoms in total. The number of esters is 2. The van der Waals surface area contributed by atoms with E-state index in [1.165, 1.54) is 66.7 Å². The van der Waals surface area contributed by atoms with Gasteiger partial charge in [0.2, 0.25) is 0 Å². The summed E-state index contributed by atoms with van der Waals surface area (Å²) < 4.78 is 214. The van der Waals surface area contributed by atoms with E-state index in [1.54, 1.807) is 68.4 Å². The maximum Gasteiger partial charge on any atom is 0.408 e. The molecule has 4 aromatic carbocycles. The first-order chi connectivity index (χ1) is 54.7. The number of hydrogen-bond acceptors (Lipinski definition) is 22. The van der Waals surface area contributed by atoms with Gasteiger partial charge in [-0.1, -0.05) is 84.5 Å². The Morgan fingerprint density at radius 3 is 0.941 bits per heavy atom. The molecule has 0 unspecified atom stereocenters. The Bertz CT molecular complexity index is 4680. The summed E-state index contributed by atoms with van der Waals surface area (Å²) in [7, 11) is 0. The molecule has 0 aliphatic heterocycles. The second-order valence-corrected chi connectivity index (χ2v) is 29.7. The lowest BCUT2D eigenvalue weighted by atomic mass is 10.1. The van der Waals surface area contributed by atoms with Crippen molar-refractivity contribution < 1.29 is 124 Å². The summed E-state index contributed by atoms with van der Waals surface area (Å²) in [6, 6.07) is 13.3. The van der Waals surface area contributed by atoms with E-state index in [0.29, 0.717) is 16.7 Å². The molecule has 648 valence electrons. The van der Waals surface area contributed by atoms with Gasteiger partial charge in [0.15, 0.2) is 23.3 Å². The minimum atomic E-state index is -4.58. The number of nitrogens with one attached hydrogen (secondary N) is 3. The number of carbonyl (C=O) groups excluding carboxylic acids is 6. The average molecular weight is 1790 g/mol. The molecule has 6 N–H and O–H groups in total. The van der Waals surface area contributed by atoms with E-state index in [2.05, 4.69) is 56.3 Å². The van der Waals surface area contributed by atoms with Crippen molar-refractivity contribution in [2.45, 2.75) is 168 Å². The molecule has 0 aliphatic rings. The normalized spacial score (nSPS) is 13.4. The molecule has 0 spiro atoms. The number of aromatic nitrogens is 12. The summed E-state index contributed by atoms with van der Waals surface area (Å²) in [5.41, 5.74) is 4.18. The molecule has 8 aromatic rings. The van der Waals surface area contributed by atoms with Crippen molar-refractivity contribution in [3.63, 3.8) is 0 Å². The molecule has 0 bridgehead atoms. The van der Waals surface area contributed by atoms with Crippen LogP contribution in [0, 0.1) is 11.8 Å². The number of alkyl halides is 14. The van der Waals surface area contributed by atoms with Crippen molar-refractivity contribution in [1.29, 1.82) is 0 Å². The van der Waals surface area contributed by atoms with Gasteiger partial charge in [0, 0.05) is 11.6 Å². The lowest BCUT2D eigenvalue weighted by Crippen LogP contribution is -2.37. The molecule has 0 radical (unpaired) electrons. The monoisotopic (exact) mass is 1790 g/mol. The smallest absolute Gasteiger partial charge is 0.408 e. The van der Waals surface area contributed by atoms with Crippen LogP contribution in [0.3, 0.4) is 0 Å². The van der Waals surface area contributed by atoms with Crippen LogP contribution in [0.1, 0.15) is 184 Å². The van der Waals surface area contributed by atoms with E-state index in [4.69, 9.17) is 92.2 Å². The minimum absolute atomic E-state index is 0.00928. The molecule has 6 atom stereocenters. The maximum atomic E-state index is 13.3. The maximum absolute atomic E-state index is 13.3. The Morgan fingerprint density at radius 2 is 0.678 bits per heavy atom. The van der Waals surface area contributed by atoms with Crippen LogP contribution in [0.2, 0.25) is 20.1 Å². The first-order valence-corrected chi connectivity index (χ1v) is 36.1. The third-order valence-corrected chi connectivity index (χ3v) is 16.4. The zero-order chi connectivity index (χ0) is 88.9. The van der Waals surface area contributed by atoms with Gasteiger partial charge in [-0.15, -0.1) is 0 Å². The van der Waals surface area contributed by atoms with Crippen LogP contribution in [0.5, 0.6) is 0 Å². The lowest BCUT2D eigenvalue weighted by molar-refractivity contribution is -0.180. The number of nitrogens with two attached hydrogens (primary N) is 1. The molecule has 4 heterocycles. The van der Waals surface area contributed by atoms with Crippen LogP contribution in [-0.2, 0) is 38.0 Å². The van der Waals surface area contributed by atoms with Crippen LogP contribution >= 0.6 is 58.0 Å². The van der Waals surface area contributed by atoms with Crippen LogP contribution in [0.4, 0.5) is 80.6 Å². The fraction of sp³-hybridized carbons (Fsp3) is 0.457. The largest absolute Gasteiger partial charge is 0.464 e. The highest BCUT2D eigenvalue weighted by Gasteiger charge is 2.40. The molecular formula is C70H77Cl5F14N16O13. The van der Waals surface area contributed by atoms with Crippen molar-refractivity contribution in [3.05, 3.63) is 164 Å². The van der Waals surface area contributed by atoms with Gasteiger partial charge < -0.3 is 55.2 Å². The van der Waals surface area contributed by atoms with Gasteiger partial charge >= 0.3 is 48.0 Å². The highest BCUT2D eigenvalue weighted by atomic mass is 35.5. The molecule has 118 heavy (non-hydrogen) atoms. The highest BCUT2D eigenvalue weighted by molar-refractivity contribution is 6.61. The van der Waals surface area contributed by atoms with Crippen LogP contribution in [-0.4, -0.2) is 155 Å².